The molecule has 2 saturated heterocycles. The third-order valence-corrected chi connectivity index (χ3v) is 4.12. The van der Waals surface area contributed by atoms with E-state index < -0.39 is 0 Å². The van der Waals surface area contributed by atoms with Crippen molar-refractivity contribution >= 4 is 5.91 Å². The van der Waals surface area contributed by atoms with Gasteiger partial charge in [0.15, 0.2) is 0 Å². The third kappa shape index (κ3) is 3.43. The van der Waals surface area contributed by atoms with Crippen molar-refractivity contribution in [1.82, 2.24) is 15.5 Å². The molecule has 2 atom stereocenters. The number of hydrogen-bond acceptors (Lipinski definition) is 4. The van der Waals surface area contributed by atoms with E-state index in [0.29, 0.717) is 6.04 Å². The van der Waals surface area contributed by atoms with E-state index in [-0.39, 0.29) is 18.1 Å². The smallest absolute Gasteiger partial charge is 0.237 e. The van der Waals surface area contributed by atoms with E-state index in [0.717, 1.165) is 45.4 Å². The van der Waals surface area contributed by atoms with E-state index in [2.05, 4.69) is 22.5 Å². The molecule has 5 heteroatoms. The Balaban J connectivity index is 1.72. The van der Waals surface area contributed by atoms with Crippen LogP contribution in [-0.2, 0) is 9.53 Å². The van der Waals surface area contributed by atoms with Crippen molar-refractivity contribution in [2.75, 3.05) is 33.3 Å². The molecule has 2 aliphatic heterocycles. The molecule has 0 aliphatic carbocycles. The van der Waals surface area contributed by atoms with Gasteiger partial charge in [0.25, 0.3) is 0 Å². The lowest BCUT2D eigenvalue weighted by Crippen LogP contribution is -2.49. The number of likely N-dealkylation sites (tertiary alicyclic amines) is 1. The molecule has 2 fully saturated rings. The summed E-state index contributed by atoms with van der Waals surface area (Å²) in [5.74, 6) is 0.143. The summed E-state index contributed by atoms with van der Waals surface area (Å²) in [6.45, 7) is 6.27. The Morgan fingerprint density at radius 3 is 2.72 bits per heavy atom. The van der Waals surface area contributed by atoms with Crippen molar-refractivity contribution in [2.45, 2.75) is 44.4 Å². The van der Waals surface area contributed by atoms with Crippen LogP contribution in [0.5, 0.6) is 0 Å². The number of hydrogen-bond donors (Lipinski definition) is 2. The lowest BCUT2D eigenvalue weighted by Gasteiger charge is -2.32. The summed E-state index contributed by atoms with van der Waals surface area (Å²) in [6.07, 6.45) is 3.11. The maximum atomic E-state index is 12.1. The number of nitrogens with one attached hydrogen (secondary N) is 2. The molecule has 0 aromatic heterocycles. The fourth-order valence-electron chi connectivity index (χ4n) is 2.78. The van der Waals surface area contributed by atoms with Crippen LogP contribution in [0.2, 0.25) is 0 Å². The van der Waals surface area contributed by atoms with Crippen LogP contribution < -0.4 is 10.6 Å². The van der Waals surface area contributed by atoms with Gasteiger partial charge in [0.2, 0.25) is 5.91 Å². The van der Waals surface area contributed by atoms with Gasteiger partial charge in [0, 0.05) is 32.8 Å². The van der Waals surface area contributed by atoms with E-state index in [4.69, 9.17) is 4.74 Å². The van der Waals surface area contributed by atoms with Gasteiger partial charge in [-0.05, 0) is 25.8 Å². The minimum absolute atomic E-state index is 0.0702. The second-order valence-electron chi connectivity index (χ2n) is 5.27. The largest absolute Gasteiger partial charge is 0.380 e. The van der Waals surface area contributed by atoms with Gasteiger partial charge in [0.05, 0.1) is 12.1 Å². The van der Waals surface area contributed by atoms with Crippen molar-refractivity contribution in [3.63, 3.8) is 0 Å². The highest BCUT2D eigenvalue weighted by molar-refractivity contribution is 5.82. The van der Waals surface area contributed by atoms with E-state index in [9.17, 15) is 4.79 Å². The fraction of sp³-hybridized carbons (Fsp3) is 0.923. The third-order valence-electron chi connectivity index (χ3n) is 4.12. The van der Waals surface area contributed by atoms with E-state index >= 15 is 0 Å². The molecule has 2 rings (SSSR count). The lowest BCUT2D eigenvalue weighted by atomic mass is 10.0. The Kier molecular flexibility index (Phi) is 4.97. The maximum absolute atomic E-state index is 12.1. The van der Waals surface area contributed by atoms with Crippen LogP contribution in [0.15, 0.2) is 0 Å². The number of ether oxygens (including phenoxy) is 1. The normalized spacial score (nSPS) is 30.6. The molecule has 2 aliphatic rings. The minimum Gasteiger partial charge on any atom is -0.380 e. The Morgan fingerprint density at radius 2 is 2.17 bits per heavy atom. The zero-order chi connectivity index (χ0) is 13.0. The maximum Gasteiger partial charge on any atom is 0.237 e. The Hall–Kier alpha value is -0.650. The van der Waals surface area contributed by atoms with Crippen LogP contribution in [0, 0.1) is 0 Å². The molecular weight excluding hydrogens is 230 g/mol. The Bertz CT molecular complexity index is 277. The molecule has 104 valence electrons. The molecule has 0 aromatic rings. The quantitative estimate of drug-likeness (QED) is 0.740. The summed E-state index contributed by atoms with van der Waals surface area (Å²) >= 11 is 0. The predicted octanol–water partition coefficient (Wildman–Crippen LogP) is -0.0362. The standard InChI is InChI=1S/C13H25N3O2/c1-3-16-6-4-10(5-7-16)15-13(17)12-8-11(18-2)9-14-12/h10-12,14H,3-9H2,1-2H3,(H,15,17). The molecule has 1 amide bonds. The van der Waals surface area contributed by atoms with Gasteiger partial charge >= 0.3 is 0 Å². The van der Waals surface area contributed by atoms with Crippen LogP contribution in [-0.4, -0.2) is 62.3 Å². The highest BCUT2D eigenvalue weighted by Gasteiger charge is 2.30. The Morgan fingerprint density at radius 1 is 1.44 bits per heavy atom. The van der Waals surface area contributed by atoms with Gasteiger partial charge in [-0.3, -0.25) is 4.79 Å². The first-order chi connectivity index (χ1) is 8.72. The van der Waals surface area contributed by atoms with Crippen molar-refractivity contribution < 1.29 is 9.53 Å². The average molecular weight is 255 g/mol. The zero-order valence-corrected chi connectivity index (χ0v) is 11.4. The van der Waals surface area contributed by atoms with Gasteiger partial charge < -0.3 is 20.3 Å². The summed E-state index contributed by atoms with van der Waals surface area (Å²) in [5.41, 5.74) is 0. The van der Waals surface area contributed by atoms with Gasteiger partial charge in [-0.15, -0.1) is 0 Å². The average Bonchev–Trinajstić information content (AvgIpc) is 2.88. The topological polar surface area (TPSA) is 53.6 Å². The first kappa shape index (κ1) is 13.8. The number of amides is 1. The summed E-state index contributed by atoms with van der Waals surface area (Å²) in [6, 6.07) is 0.280. The summed E-state index contributed by atoms with van der Waals surface area (Å²) in [5, 5.41) is 6.39. The molecule has 0 saturated carbocycles. The van der Waals surface area contributed by atoms with Crippen molar-refractivity contribution in [2.24, 2.45) is 0 Å². The van der Waals surface area contributed by atoms with Crippen molar-refractivity contribution in [1.29, 1.82) is 0 Å². The molecule has 0 aromatic carbocycles. The van der Waals surface area contributed by atoms with E-state index in [1.807, 2.05) is 0 Å². The number of carbonyl (C=O) groups excluding carboxylic acids is 1. The van der Waals surface area contributed by atoms with Crippen molar-refractivity contribution in [3.05, 3.63) is 0 Å². The molecule has 0 bridgehead atoms. The van der Waals surface area contributed by atoms with Gasteiger partial charge in [-0.25, -0.2) is 0 Å². The van der Waals surface area contributed by atoms with Crippen LogP contribution >= 0.6 is 0 Å². The lowest BCUT2D eigenvalue weighted by molar-refractivity contribution is -0.124. The first-order valence-corrected chi connectivity index (χ1v) is 7.01. The van der Waals surface area contributed by atoms with Crippen LogP contribution in [0.25, 0.3) is 0 Å². The minimum atomic E-state index is -0.0702. The van der Waals surface area contributed by atoms with E-state index in [1.165, 1.54) is 0 Å². The molecule has 2 heterocycles. The Labute approximate surface area is 109 Å². The summed E-state index contributed by atoms with van der Waals surface area (Å²) in [7, 11) is 1.70. The van der Waals surface area contributed by atoms with Crippen LogP contribution in [0.3, 0.4) is 0 Å². The number of rotatable bonds is 4. The molecule has 5 nitrogen and oxygen atoms in total. The number of piperidine rings is 1. The SMILES string of the molecule is CCN1CCC(NC(=O)C2CC(OC)CN2)CC1. The molecule has 18 heavy (non-hydrogen) atoms. The summed E-state index contributed by atoms with van der Waals surface area (Å²) in [4.78, 5) is 14.5. The predicted molar refractivity (Wildman–Crippen MR) is 70.5 cm³/mol. The first-order valence-electron chi connectivity index (χ1n) is 7.01. The second kappa shape index (κ2) is 6.50. The van der Waals surface area contributed by atoms with Gasteiger partial charge in [-0.1, -0.05) is 6.92 Å². The van der Waals surface area contributed by atoms with Gasteiger partial charge in [0.1, 0.15) is 0 Å². The monoisotopic (exact) mass is 255 g/mol. The number of carbonyl (C=O) groups is 1. The molecule has 2 N–H and O–H groups in total. The molecule has 2 unspecified atom stereocenters. The number of methoxy groups -OCH3 is 1. The molecule has 0 radical (unpaired) electrons. The highest BCUT2D eigenvalue weighted by Crippen LogP contribution is 2.13. The fourth-order valence-corrected chi connectivity index (χ4v) is 2.78. The van der Waals surface area contributed by atoms with Gasteiger partial charge in [-0.2, -0.15) is 0 Å². The molecule has 0 spiro atoms. The number of nitrogens with zero attached hydrogens (tertiary/aromatic N) is 1. The summed E-state index contributed by atoms with van der Waals surface area (Å²) < 4.78 is 5.26. The zero-order valence-electron chi connectivity index (χ0n) is 11.4. The van der Waals surface area contributed by atoms with Crippen LogP contribution in [0.1, 0.15) is 26.2 Å². The van der Waals surface area contributed by atoms with Crippen molar-refractivity contribution in [3.8, 4) is 0 Å². The van der Waals surface area contributed by atoms with E-state index in [1.54, 1.807) is 7.11 Å². The highest BCUT2D eigenvalue weighted by atomic mass is 16.5. The van der Waals surface area contributed by atoms with Crippen LogP contribution in [0.4, 0.5) is 0 Å². The second-order valence-corrected chi connectivity index (χ2v) is 5.27. The molecular formula is C13H25N3O2.